The number of likely N-dealkylation sites (tertiary alicyclic amines) is 1. The number of nitrogens with one attached hydrogen (secondary N) is 2. The summed E-state index contributed by atoms with van der Waals surface area (Å²) in [5.74, 6) is 1.07. The van der Waals surface area contributed by atoms with E-state index in [0.29, 0.717) is 23.9 Å². The lowest BCUT2D eigenvalue weighted by Gasteiger charge is -2.38. The van der Waals surface area contributed by atoms with Gasteiger partial charge in [-0.2, -0.15) is 0 Å². The highest BCUT2D eigenvalue weighted by molar-refractivity contribution is 5.74. The van der Waals surface area contributed by atoms with Crippen molar-refractivity contribution >= 4 is 12.2 Å². The number of fused-ring (bicyclic) bond motifs is 4. The molecule has 0 spiro atoms. The smallest absolute Gasteiger partial charge is 0.160 e. The van der Waals surface area contributed by atoms with Gasteiger partial charge in [0, 0.05) is 52.8 Å². The highest BCUT2D eigenvalue weighted by Gasteiger charge is 2.43. The molecule has 1 aromatic rings. The molecule has 8 aliphatic rings. The van der Waals surface area contributed by atoms with Crippen LogP contribution in [0.1, 0.15) is 106 Å². The van der Waals surface area contributed by atoms with Crippen molar-refractivity contribution in [2.75, 3.05) is 6.54 Å². The lowest BCUT2D eigenvalue weighted by molar-refractivity contribution is 0.197. The van der Waals surface area contributed by atoms with Gasteiger partial charge in [-0.3, -0.25) is 10.2 Å². The molecule has 0 bridgehead atoms. The van der Waals surface area contributed by atoms with E-state index in [1.165, 1.54) is 85.2 Å². The Balaban J connectivity index is 1.04. The minimum atomic E-state index is 0.0496. The van der Waals surface area contributed by atoms with E-state index < -0.39 is 0 Å². The third kappa shape index (κ3) is 6.44. The Bertz CT molecular complexity index is 1840. The van der Waals surface area contributed by atoms with Crippen LogP contribution in [0.3, 0.4) is 0 Å². The van der Waals surface area contributed by atoms with E-state index in [2.05, 4.69) is 118 Å². The zero-order valence-electron chi connectivity index (χ0n) is 30.4. The quantitative estimate of drug-likeness (QED) is 0.223. The Morgan fingerprint density at radius 1 is 0.824 bits per heavy atom. The second kappa shape index (κ2) is 14.6. The summed E-state index contributed by atoms with van der Waals surface area (Å²) in [5.41, 5.74) is 13.5. The van der Waals surface area contributed by atoms with Crippen molar-refractivity contribution in [2.45, 2.75) is 114 Å². The average molecular weight is 677 g/mol. The summed E-state index contributed by atoms with van der Waals surface area (Å²) in [6.07, 6.45) is 54.9. The van der Waals surface area contributed by atoms with E-state index in [9.17, 15) is 0 Å². The van der Waals surface area contributed by atoms with Gasteiger partial charge in [0.15, 0.2) is 6.29 Å². The fourth-order valence-electron chi connectivity index (χ4n) is 10.4. The fourth-order valence-corrected chi connectivity index (χ4v) is 10.4. The van der Waals surface area contributed by atoms with Gasteiger partial charge in [-0.25, -0.2) is 0 Å². The van der Waals surface area contributed by atoms with Crippen molar-refractivity contribution in [3.8, 4) is 0 Å². The molecule has 0 saturated carbocycles. The van der Waals surface area contributed by atoms with Gasteiger partial charge in [0.2, 0.25) is 0 Å². The van der Waals surface area contributed by atoms with Gasteiger partial charge >= 0.3 is 0 Å². The van der Waals surface area contributed by atoms with Crippen LogP contribution in [0.15, 0.2) is 120 Å². The first kappa shape index (κ1) is 33.0. The predicted octanol–water partition coefficient (Wildman–Crippen LogP) is 10.1. The van der Waals surface area contributed by atoms with Crippen LogP contribution < -0.4 is 10.6 Å². The van der Waals surface area contributed by atoms with Gasteiger partial charge in [-0.1, -0.05) is 114 Å². The fraction of sp³-hybridized carbons (Fsp3) is 0.447. The Hall–Kier alpha value is -3.86. The van der Waals surface area contributed by atoms with Gasteiger partial charge in [-0.05, 0) is 107 Å². The summed E-state index contributed by atoms with van der Waals surface area (Å²) in [5, 5.41) is 8.18. The molecule has 6 atom stereocenters. The third-order valence-electron chi connectivity index (χ3n) is 13.0. The number of hydrogen-bond acceptors (Lipinski definition) is 3. The van der Waals surface area contributed by atoms with Crippen molar-refractivity contribution in [1.29, 1.82) is 0 Å². The van der Waals surface area contributed by atoms with E-state index >= 15 is 0 Å². The van der Waals surface area contributed by atoms with Crippen LogP contribution in [0.4, 0.5) is 0 Å². The number of nitrogens with zero attached hydrogens (tertiary/aromatic N) is 2. The van der Waals surface area contributed by atoms with Crippen LogP contribution in [0, 0.1) is 11.8 Å². The molecule has 0 aromatic carbocycles. The second-order valence-corrected chi connectivity index (χ2v) is 16.0. The number of rotatable bonds is 7. The largest absolute Gasteiger partial charge is 0.353 e. The molecule has 264 valence electrons. The van der Waals surface area contributed by atoms with E-state index in [1.54, 1.807) is 16.7 Å². The van der Waals surface area contributed by atoms with Crippen molar-refractivity contribution in [3.63, 3.8) is 0 Å². The number of aromatic nitrogens is 1. The first-order valence-corrected chi connectivity index (χ1v) is 20.3. The molecule has 2 aliphatic heterocycles. The van der Waals surface area contributed by atoms with Gasteiger partial charge in [-0.15, -0.1) is 0 Å². The number of hydrogen-bond donors (Lipinski definition) is 2. The molecule has 0 radical (unpaired) electrons. The van der Waals surface area contributed by atoms with Crippen LogP contribution >= 0.6 is 0 Å². The zero-order valence-corrected chi connectivity index (χ0v) is 30.4. The molecule has 4 heteroatoms. The normalized spacial score (nSPS) is 32.5. The highest BCUT2D eigenvalue weighted by atomic mass is 15.3. The van der Waals surface area contributed by atoms with E-state index in [1.807, 2.05) is 6.08 Å². The summed E-state index contributed by atoms with van der Waals surface area (Å²) in [4.78, 5) is 2.79. The molecule has 1 aromatic heterocycles. The highest BCUT2D eigenvalue weighted by Crippen LogP contribution is 2.46. The standard InChI is InChI=1S/C47H56N4/c1-2-3-7-20-37-32-50(38-21-12-6-13-22-38)44-27-25-35(29-40(37)44)36-26-28-46-41(30-36)39-23-14-15-24-45(39)51(46)47-48-42(33-16-8-4-9-17-33)31-43(49-47)34-18-10-5-11-19-34/h2-4,7-8,12,14,16,18,20-21,23,25,27,30-31,35,38,40,43-44,47-49H,1,5-6,9-11,13,15,17,19,22,24,26,28-29,32H2/b7-3-,37-20+/t35?,38-,40+,43?,44?,47+/m0/s1. The van der Waals surface area contributed by atoms with Crippen LogP contribution in [0.25, 0.3) is 12.2 Å². The van der Waals surface area contributed by atoms with Crippen molar-refractivity contribution in [1.82, 2.24) is 20.1 Å². The van der Waals surface area contributed by atoms with Gasteiger partial charge in [0.05, 0.1) is 6.04 Å². The minimum Gasteiger partial charge on any atom is -0.353 e. The first-order chi connectivity index (χ1) is 25.2. The summed E-state index contributed by atoms with van der Waals surface area (Å²) in [7, 11) is 0. The van der Waals surface area contributed by atoms with Gasteiger partial charge in [0.1, 0.15) is 0 Å². The number of allylic oxidation sites excluding steroid dienone is 13. The van der Waals surface area contributed by atoms with Gasteiger partial charge in [0.25, 0.3) is 0 Å². The molecule has 0 amide bonds. The van der Waals surface area contributed by atoms with E-state index in [-0.39, 0.29) is 12.3 Å². The van der Waals surface area contributed by atoms with Crippen LogP contribution in [0.2, 0.25) is 0 Å². The summed E-state index contributed by atoms with van der Waals surface area (Å²) in [6, 6.07) is 1.34. The lowest BCUT2D eigenvalue weighted by atomic mass is 9.75. The molecule has 3 unspecified atom stereocenters. The molecule has 1 saturated heterocycles. The molecule has 1 fully saturated rings. The van der Waals surface area contributed by atoms with Crippen LogP contribution in [0.5, 0.6) is 0 Å². The zero-order chi connectivity index (χ0) is 34.1. The molecule has 51 heavy (non-hydrogen) atoms. The van der Waals surface area contributed by atoms with Crippen molar-refractivity contribution < 1.29 is 0 Å². The Labute approximate surface area is 306 Å². The Morgan fingerprint density at radius 2 is 1.76 bits per heavy atom. The molecule has 3 heterocycles. The first-order valence-electron chi connectivity index (χ1n) is 20.3. The average Bonchev–Trinajstić information content (AvgIpc) is 3.74. The Kier molecular flexibility index (Phi) is 9.47. The van der Waals surface area contributed by atoms with Crippen LogP contribution in [-0.2, 0) is 12.8 Å². The Morgan fingerprint density at radius 3 is 2.61 bits per heavy atom. The monoisotopic (exact) mass is 676 g/mol. The SMILES string of the molecule is C=C/C=C\C=C1/CN([C@H]2C=CCCC2)C2C=CC(C3=Cc4c5c(n([C@@H]6NC(C7=CC=CCC7)=CC(C7=CCCCC7)N6)c4CC3)CCC=C5)C[C@H]12. The maximum atomic E-state index is 4.13. The van der Waals surface area contributed by atoms with E-state index in [4.69, 9.17) is 0 Å². The molecular weight excluding hydrogens is 621 g/mol. The summed E-state index contributed by atoms with van der Waals surface area (Å²) in [6.45, 7) is 5.00. The molecule has 2 N–H and O–H groups in total. The third-order valence-corrected chi connectivity index (χ3v) is 13.0. The predicted molar refractivity (Wildman–Crippen MR) is 214 cm³/mol. The molecular formula is C47H56N4. The molecule has 9 rings (SSSR count). The van der Waals surface area contributed by atoms with Crippen molar-refractivity contribution in [3.05, 3.63) is 142 Å². The van der Waals surface area contributed by atoms with Gasteiger partial charge < -0.3 is 9.88 Å². The molecule has 4 nitrogen and oxygen atoms in total. The second-order valence-electron chi connectivity index (χ2n) is 16.0. The van der Waals surface area contributed by atoms with Crippen molar-refractivity contribution in [2.24, 2.45) is 11.8 Å². The summed E-state index contributed by atoms with van der Waals surface area (Å²) < 4.78 is 2.70. The molecule has 6 aliphatic carbocycles. The van der Waals surface area contributed by atoms with Crippen LogP contribution in [-0.4, -0.2) is 34.1 Å². The summed E-state index contributed by atoms with van der Waals surface area (Å²) >= 11 is 0. The maximum absolute atomic E-state index is 4.13. The lowest BCUT2D eigenvalue weighted by Crippen LogP contribution is -2.49. The van der Waals surface area contributed by atoms with E-state index in [0.717, 1.165) is 45.1 Å². The maximum Gasteiger partial charge on any atom is 0.160 e. The topological polar surface area (TPSA) is 32.2 Å². The minimum absolute atomic E-state index is 0.0496.